The van der Waals surface area contributed by atoms with Crippen molar-refractivity contribution in [2.75, 3.05) is 0 Å². The van der Waals surface area contributed by atoms with E-state index in [1.165, 1.54) is 18.2 Å². The van der Waals surface area contributed by atoms with Crippen molar-refractivity contribution in [1.82, 2.24) is 0 Å². The average molecular weight is 248 g/mol. The number of primary amides is 1. The number of nitrogens with zero attached hydrogens (tertiary/aromatic N) is 1. The van der Waals surface area contributed by atoms with Crippen LogP contribution in [0.1, 0.15) is 5.76 Å². The molecule has 2 rings (SSSR count). The van der Waals surface area contributed by atoms with Gasteiger partial charge in [-0.25, -0.2) is 0 Å². The lowest BCUT2D eigenvalue weighted by Crippen LogP contribution is -2.15. The predicted octanol–water partition coefficient (Wildman–Crippen LogP) is 0.729. The summed E-state index contributed by atoms with van der Waals surface area (Å²) in [5.41, 5.74) is 4.06. The van der Waals surface area contributed by atoms with Crippen LogP contribution >= 0.6 is 0 Å². The number of hydrogen-bond acceptors (Lipinski definition) is 5. The number of fused-ring (bicyclic) bond motifs is 1. The molecule has 0 bridgehead atoms. The van der Waals surface area contributed by atoms with Crippen molar-refractivity contribution in [2.45, 2.75) is 6.42 Å². The molecule has 7 nitrogen and oxygen atoms in total. The predicted molar refractivity (Wildman–Crippen MR) is 62.0 cm³/mol. The molecule has 7 heteroatoms. The average Bonchev–Trinajstić information content (AvgIpc) is 2.27. The third kappa shape index (κ3) is 2.05. The maximum absolute atomic E-state index is 11.7. The SMILES string of the molecule is NC(=O)Cc1cc(=O)c2cccc([N+](=O)[O-])c2o1. The van der Waals surface area contributed by atoms with E-state index >= 15 is 0 Å². The van der Waals surface area contributed by atoms with Gasteiger partial charge in [-0.2, -0.15) is 0 Å². The number of nitrogens with two attached hydrogens (primary N) is 1. The summed E-state index contributed by atoms with van der Waals surface area (Å²) in [4.78, 5) is 32.6. The van der Waals surface area contributed by atoms with Crippen molar-refractivity contribution < 1.29 is 14.1 Å². The largest absolute Gasteiger partial charge is 0.453 e. The summed E-state index contributed by atoms with van der Waals surface area (Å²) in [7, 11) is 0. The van der Waals surface area contributed by atoms with Gasteiger partial charge in [-0.1, -0.05) is 6.07 Å². The van der Waals surface area contributed by atoms with E-state index in [4.69, 9.17) is 10.2 Å². The van der Waals surface area contributed by atoms with Crippen molar-refractivity contribution in [3.63, 3.8) is 0 Å². The van der Waals surface area contributed by atoms with E-state index in [2.05, 4.69) is 0 Å². The maximum atomic E-state index is 11.7. The zero-order chi connectivity index (χ0) is 13.3. The van der Waals surface area contributed by atoms with Gasteiger partial charge in [-0.05, 0) is 6.07 Å². The molecule has 0 saturated heterocycles. The van der Waals surface area contributed by atoms with Gasteiger partial charge in [0.1, 0.15) is 5.76 Å². The summed E-state index contributed by atoms with van der Waals surface area (Å²) in [5.74, 6) is -0.676. The second-order valence-corrected chi connectivity index (χ2v) is 3.63. The van der Waals surface area contributed by atoms with Crippen molar-refractivity contribution in [1.29, 1.82) is 0 Å². The molecule has 1 aromatic heterocycles. The first-order chi connectivity index (χ1) is 8.49. The van der Waals surface area contributed by atoms with Gasteiger partial charge in [-0.3, -0.25) is 19.7 Å². The normalized spacial score (nSPS) is 10.4. The molecule has 0 saturated carbocycles. The Balaban J connectivity index is 2.76. The van der Waals surface area contributed by atoms with Crippen LogP contribution < -0.4 is 11.2 Å². The fourth-order valence-electron chi connectivity index (χ4n) is 1.61. The molecular weight excluding hydrogens is 240 g/mol. The summed E-state index contributed by atoms with van der Waals surface area (Å²) in [6.07, 6.45) is -0.281. The van der Waals surface area contributed by atoms with Gasteiger partial charge in [0, 0.05) is 12.1 Å². The van der Waals surface area contributed by atoms with Gasteiger partial charge in [-0.15, -0.1) is 0 Å². The number of carbonyl (C=O) groups excluding carboxylic acids is 1. The lowest BCUT2D eigenvalue weighted by molar-refractivity contribution is -0.383. The number of benzene rings is 1. The number of para-hydroxylation sites is 1. The lowest BCUT2D eigenvalue weighted by Gasteiger charge is -2.01. The van der Waals surface area contributed by atoms with Crippen LogP contribution in [0.3, 0.4) is 0 Å². The zero-order valence-corrected chi connectivity index (χ0v) is 9.08. The molecule has 1 amide bonds. The molecule has 0 radical (unpaired) electrons. The summed E-state index contributed by atoms with van der Waals surface area (Å²) in [6, 6.07) is 5.14. The first-order valence-electron chi connectivity index (χ1n) is 4.97. The topological polar surface area (TPSA) is 116 Å². The quantitative estimate of drug-likeness (QED) is 0.634. The number of nitro benzene ring substituents is 1. The van der Waals surface area contributed by atoms with Crippen LogP contribution in [-0.2, 0) is 11.2 Å². The number of nitro groups is 1. The molecule has 1 aromatic carbocycles. The van der Waals surface area contributed by atoms with Crippen LogP contribution in [0.5, 0.6) is 0 Å². The Kier molecular flexibility index (Phi) is 2.80. The molecule has 18 heavy (non-hydrogen) atoms. The number of carbonyl (C=O) groups is 1. The minimum absolute atomic E-state index is 0.00861. The monoisotopic (exact) mass is 248 g/mol. The van der Waals surface area contributed by atoms with Crippen LogP contribution in [0.2, 0.25) is 0 Å². The van der Waals surface area contributed by atoms with Gasteiger partial charge in [0.05, 0.1) is 16.7 Å². The van der Waals surface area contributed by atoms with Gasteiger partial charge in [0.15, 0.2) is 5.43 Å². The van der Waals surface area contributed by atoms with E-state index in [9.17, 15) is 19.7 Å². The van der Waals surface area contributed by atoms with E-state index in [0.29, 0.717) is 0 Å². The van der Waals surface area contributed by atoms with Gasteiger partial charge < -0.3 is 10.2 Å². The Morgan fingerprint density at radius 2 is 2.17 bits per heavy atom. The standard InChI is InChI=1S/C11H8N2O5/c12-10(15)5-6-4-9(14)7-2-1-3-8(13(16)17)11(7)18-6/h1-4H,5H2,(H2,12,15). The molecule has 0 atom stereocenters. The highest BCUT2D eigenvalue weighted by Crippen LogP contribution is 2.24. The van der Waals surface area contributed by atoms with Crippen molar-refractivity contribution in [2.24, 2.45) is 5.73 Å². The zero-order valence-electron chi connectivity index (χ0n) is 9.08. The van der Waals surface area contributed by atoms with Crippen molar-refractivity contribution in [3.05, 3.63) is 50.4 Å². The highest BCUT2D eigenvalue weighted by molar-refractivity contribution is 5.85. The second-order valence-electron chi connectivity index (χ2n) is 3.63. The number of hydrogen-bond donors (Lipinski definition) is 1. The molecule has 2 N–H and O–H groups in total. The number of non-ortho nitro benzene ring substituents is 1. The maximum Gasteiger partial charge on any atom is 0.312 e. The molecule has 92 valence electrons. The van der Waals surface area contributed by atoms with Gasteiger partial charge in [0.25, 0.3) is 0 Å². The molecule has 2 aromatic rings. The fraction of sp³-hybridized carbons (Fsp3) is 0.0909. The highest BCUT2D eigenvalue weighted by Gasteiger charge is 2.17. The minimum atomic E-state index is -0.684. The molecule has 0 unspecified atom stereocenters. The highest BCUT2D eigenvalue weighted by atomic mass is 16.6. The van der Waals surface area contributed by atoms with E-state index < -0.39 is 16.3 Å². The van der Waals surface area contributed by atoms with E-state index in [1.807, 2.05) is 0 Å². The van der Waals surface area contributed by atoms with Gasteiger partial charge >= 0.3 is 5.69 Å². The Bertz CT molecular complexity index is 704. The first kappa shape index (κ1) is 11.8. The summed E-state index contributed by atoms with van der Waals surface area (Å²) in [6.45, 7) is 0. The summed E-state index contributed by atoms with van der Waals surface area (Å²) in [5, 5.41) is 10.9. The Morgan fingerprint density at radius 1 is 1.44 bits per heavy atom. The third-order valence-electron chi connectivity index (χ3n) is 2.33. The van der Waals surface area contributed by atoms with E-state index in [1.54, 1.807) is 0 Å². The smallest absolute Gasteiger partial charge is 0.312 e. The molecule has 0 fully saturated rings. The number of rotatable bonds is 3. The van der Waals surface area contributed by atoms with Crippen LogP contribution in [0.15, 0.2) is 33.5 Å². The Hall–Kier alpha value is -2.70. The minimum Gasteiger partial charge on any atom is -0.453 e. The van der Waals surface area contributed by atoms with Crippen LogP contribution in [0.4, 0.5) is 5.69 Å². The molecule has 0 aliphatic rings. The van der Waals surface area contributed by atoms with E-state index in [0.717, 1.165) is 6.07 Å². The third-order valence-corrected chi connectivity index (χ3v) is 2.33. The van der Waals surface area contributed by atoms with Gasteiger partial charge in [0.2, 0.25) is 11.5 Å². The molecule has 1 heterocycles. The van der Waals surface area contributed by atoms with E-state index in [-0.39, 0.29) is 28.8 Å². The molecule has 0 aliphatic carbocycles. The summed E-state index contributed by atoms with van der Waals surface area (Å²) < 4.78 is 5.20. The Labute approximate surface area is 100.0 Å². The van der Waals surface area contributed by atoms with Crippen LogP contribution in [0, 0.1) is 10.1 Å². The summed E-state index contributed by atoms with van der Waals surface area (Å²) >= 11 is 0. The molecular formula is C11H8N2O5. The van der Waals surface area contributed by atoms with Crippen LogP contribution in [0.25, 0.3) is 11.0 Å². The fourth-order valence-corrected chi connectivity index (χ4v) is 1.61. The van der Waals surface area contributed by atoms with Crippen molar-refractivity contribution in [3.8, 4) is 0 Å². The lowest BCUT2D eigenvalue weighted by atomic mass is 10.2. The number of amides is 1. The Morgan fingerprint density at radius 3 is 2.78 bits per heavy atom. The van der Waals surface area contributed by atoms with Crippen molar-refractivity contribution >= 4 is 22.6 Å². The van der Waals surface area contributed by atoms with Crippen LogP contribution in [-0.4, -0.2) is 10.8 Å². The molecule has 0 spiro atoms. The molecule has 0 aliphatic heterocycles. The first-order valence-corrected chi connectivity index (χ1v) is 4.97. The second kappa shape index (κ2) is 4.28.